The molecule has 1 saturated heterocycles. The summed E-state index contributed by atoms with van der Waals surface area (Å²) in [6.45, 7) is 4.79. The normalized spacial score (nSPS) is 16.4. The molecule has 2 atom stereocenters. The first-order chi connectivity index (χ1) is 19.7. The Labute approximate surface area is 238 Å². The number of carbonyl (C=O) groups is 1. The van der Waals surface area contributed by atoms with E-state index in [1.54, 1.807) is 20.3 Å². The number of nitrogens with zero attached hydrogens (tertiary/aromatic N) is 1. The van der Waals surface area contributed by atoms with Crippen LogP contribution < -0.4 is 19.5 Å². The molecule has 3 aromatic rings. The molecule has 1 aliphatic heterocycles. The molecule has 2 unspecified atom stereocenters. The highest BCUT2D eigenvalue weighted by Gasteiger charge is 2.30. The second-order valence-electron chi connectivity index (χ2n) is 10.2. The topological polar surface area (TPSA) is 69.3 Å². The number of benzene rings is 3. The van der Waals surface area contributed by atoms with Gasteiger partial charge in [-0.2, -0.15) is 0 Å². The summed E-state index contributed by atoms with van der Waals surface area (Å²) in [5, 5.41) is 3.56. The molecule has 7 heteroatoms. The lowest BCUT2D eigenvalue weighted by molar-refractivity contribution is 0.0709. The summed E-state index contributed by atoms with van der Waals surface area (Å²) >= 11 is 0. The maximum atomic E-state index is 13.9. The molecule has 1 aliphatic rings. The molecule has 0 aromatic heterocycles. The zero-order chi connectivity index (χ0) is 28.0. The summed E-state index contributed by atoms with van der Waals surface area (Å²) in [5.74, 6) is 2.85. The second kappa shape index (κ2) is 15.9. The van der Waals surface area contributed by atoms with Crippen molar-refractivity contribution in [1.29, 1.82) is 0 Å². The average molecular weight is 547 g/mol. The van der Waals surface area contributed by atoms with Crippen LogP contribution in [0, 0.1) is 11.8 Å². The van der Waals surface area contributed by atoms with Crippen molar-refractivity contribution in [2.24, 2.45) is 11.8 Å². The third-order valence-electron chi connectivity index (χ3n) is 7.31. The third-order valence-corrected chi connectivity index (χ3v) is 7.31. The molecule has 0 radical (unpaired) electrons. The molecule has 40 heavy (non-hydrogen) atoms. The first-order valence-corrected chi connectivity index (χ1v) is 14.2. The lowest BCUT2D eigenvalue weighted by Crippen LogP contribution is -2.39. The standard InChI is InChI=1S/C33H42N2O5/c1-37-18-10-20-40-32-22-27(15-16-31(32)38-2)33(36)35(17-9-19-39-30-13-7-4-8-14-30)25-29-24-34-23-28(29)21-26-11-5-3-6-12-26/h3-8,11-16,22,28-29,34H,9-10,17-21,23-25H2,1-2H3. The van der Waals surface area contributed by atoms with Gasteiger partial charge in [0.05, 0.1) is 20.3 Å². The molecule has 0 bridgehead atoms. The highest BCUT2D eigenvalue weighted by atomic mass is 16.5. The number of methoxy groups -OCH3 is 2. The Balaban J connectivity index is 1.46. The van der Waals surface area contributed by atoms with E-state index >= 15 is 0 Å². The van der Waals surface area contributed by atoms with Gasteiger partial charge in [0.15, 0.2) is 11.5 Å². The van der Waals surface area contributed by atoms with E-state index in [2.05, 4.69) is 35.6 Å². The van der Waals surface area contributed by atoms with Crippen LogP contribution in [-0.4, -0.2) is 71.0 Å². The smallest absolute Gasteiger partial charge is 0.254 e. The van der Waals surface area contributed by atoms with Crippen molar-refractivity contribution < 1.29 is 23.7 Å². The van der Waals surface area contributed by atoms with E-state index in [9.17, 15) is 4.79 Å². The fourth-order valence-electron chi connectivity index (χ4n) is 5.17. The first kappa shape index (κ1) is 29.4. The van der Waals surface area contributed by atoms with Gasteiger partial charge in [-0.3, -0.25) is 4.79 Å². The number of para-hydroxylation sites is 1. The van der Waals surface area contributed by atoms with E-state index < -0.39 is 0 Å². The highest BCUT2D eigenvalue weighted by molar-refractivity contribution is 5.95. The van der Waals surface area contributed by atoms with Gasteiger partial charge in [-0.25, -0.2) is 0 Å². The number of rotatable bonds is 16. The SMILES string of the molecule is COCCCOc1cc(C(=O)N(CCCOc2ccccc2)CC2CNCC2Cc2ccccc2)ccc1OC. The van der Waals surface area contributed by atoms with Gasteiger partial charge in [-0.15, -0.1) is 0 Å². The van der Waals surface area contributed by atoms with Gasteiger partial charge < -0.3 is 29.2 Å². The Morgan fingerprint density at radius 1 is 0.825 bits per heavy atom. The number of ether oxygens (including phenoxy) is 4. The van der Waals surface area contributed by atoms with Gasteiger partial charge in [-0.1, -0.05) is 48.5 Å². The summed E-state index contributed by atoms with van der Waals surface area (Å²) < 4.78 is 22.5. The average Bonchev–Trinajstić information content (AvgIpc) is 3.43. The summed E-state index contributed by atoms with van der Waals surface area (Å²) in [6, 6.07) is 25.8. The van der Waals surface area contributed by atoms with E-state index in [1.165, 1.54) is 5.56 Å². The van der Waals surface area contributed by atoms with Gasteiger partial charge in [-0.05, 0) is 73.7 Å². The predicted octanol–water partition coefficient (Wildman–Crippen LogP) is 5.10. The quantitative estimate of drug-likeness (QED) is 0.252. The Morgan fingerprint density at radius 2 is 1.55 bits per heavy atom. The molecular weight excluding hydrogens is 504 g/mol. The van der Waals surface area contributed by atoms with Crippen LogP contribution >= 0.6 is 0 Å². The molecule has 0 spiro atoms. The number of carbonyl (C=O) groups excluding carboxylic acids is 1. The lowest BCUT2D eigenvalue weighted by Gasteiger charge is -2.29. The van der Waals surface area contributed by atoms with Crippen LogP contribution in [0.5, 0.6) is 17.2 Å². The second-order valence-corrected chi connectivity index (χ2v) is 10.2. The van der Waals surface area contributed by atoms with Gasteiger partial charge in [0.2, 0.25) is 0 Å². The molecule has 1 heterocycles. The van der Waals surface area contributed by atoms with E-state index in [1.807, 2.05) is 47.4 Å². The summed E-state index contributed by atoms with van der Waals surface area (Å²) in [4.78, 5) is 15.9. The fourth-order valence-corrected chi connectivity index (χ4v) is 5.17. The molecule has 1 N–H and O–H groups in total. The molecule has 7 nitrogen and oxygen atoms in total. The van der Waals surface area contributed by atoms with Gasteiger partial charge in [0, 0.05) is 38.8 Å². The molecule has 0 aliphatic carbocycles. The summed E-state index contributed by atoms with van der Waals surface area (Å²) in [6.07, 6.45) is 2.49. The zero-order valence-corrected chi connectivity index (χ0v) is 23.7. The van der Waals surface area contributed by atoms with Crippen LogP contribution in [0.15, 0.2) is 78.9 Å². The highest BCUT2D eigenvalue weighted by Crippen LogP contribution is 2.30. The summed E-state index contributed by atoms with van der Waals surface area (Å²) in [5.41, 5.74) is 1.93. The Bertz CT molecular complexity index is 1160. The van der Waals surface area contributed by atoms with E-state index in [0.29, 0.717) is 61.8 Å². The predicted molar refractivity (Wildman–Crippen MR) is 157 cm³/mol. The van der Waals surface area contributed by atoms with Crippen LogP contribution in [-0.2, 0) is 11.2 Å². The monoisotopic (exact) mass is 546 g/mol. The number of hydrogen-bond donors (Lipinski definition) is 1. The maximum Gasteiger partial charge on any atom is 0.254 e. The minimum absolute atomic E-state index is 0.00512. The number of amides is 1. The van der Waals surface area contributed by atoms with Crippen molar-refractivity contribution in [3.8, 4) is 17.2 Å². The molecule has 4 rings (SSSR count). The maximum absolute atomic E-state index is 13.9. The number of nitrogens with one attached hydrogen (secondary N) is 1. The first-order valence-electron chi connectivity index (χ1n) is 14.2. The fraction of sp³-hybridized carbons (Fsp3) is 0.424. The number of hydrogen-bond acceptors (Lipinski definition) is 6. The largest absolute Gasteiger partial charge is 0.494 e. The molecule has 1 fully saturated rings. The van der Waals surface area contributed by atoms with Gasteiger partial charge >= 0.3 is 0 Å². The van der Waals surface area contributed by atoms with Crippen LogP contribution in [0.2, 0.25) is 0 Å². The molecule has 0 saturated carbocycles. The molecule has 214 valence electrons. The molecular formula is C33H42N2O5. The van der Waals surface area contributed by atoms with Crippen LogP contribution in [0.25, 0.3) is 0 Å². The van der Waals surface area contributed by atoms with Crippen molar-refractivity contribution in [2.45, 2.75) is 19.3 Å². The molecule has 3 aromatic carbocycles. The van der Waals surface area contributed by atoms with E-state index in [4.69, 9.17) is 18.9 Å². The van der Waals surface area contributed by atoms with Gasteiger partial charge in [0.1, 0.15) is 5.75 Å². The molecule has 1 amide bonds. The van der Waals surface area contributed by atoms with Gasteiger partial charge in [0.25, 0.3) is 5.91 Å². The Hall–Kier alpha value is -3.55. The zero-order valence-electron chi connectivity index (χ0n) is 23.7. The van der Waals surface area contributed by atoms with Crippen molar-refractivity contribution in [3.05, 3.63) is 90.0 Å². The van der Waals surface area contributed by atoms with Crippen LogP contribution in [0.1, 0.15) is 28.8 Å². The van der Waals surface area contributed by atoms with E-state index in [0.717, 1.165) is 38.1 Å². The Kier molecular flexibility index (Phi) is 11.7. The minimum Gasteiger partial charge on any atom is -0.494 e. The van der Waals surface area contributed by atoms with Crippen LogP contribution in [0.3, 0.4) is 0 Å². The Morgan fingerprint density at radius 3 is 2.30 bits per heavy atom. The minimum atomic E-state index is -0.00512. The van der Waals surface area contributed by atoms with Crippen molar-refractivity contribution in [1.82, 2.24) is 10.2 Å². The third kappa shape index (κ3) is 8.73. The van der Waals surface area contributed by atoms with Crippen molar-refractivity contribution in [3.63, 3.8) is 0 Å². The lowest BCUT2D eigenvalue weighted by atomic mass is 9.89. The van der Waals surface area contributed by atoms with E-state index in [-0.39, 0.29) is 5.91 Å². The van der Waals surface area contributed by atoms with Crippen molar-refractivity contribution >= 4 is 5.91 Å². The summed E-state index contributed by atoms with van der Waals surface area (Å²) in [7, 11) is 3.28. The van der Waals surface area contributed by atoms with Crippen LogP contribution in [0.4, 0.5) is 0 Å². The van der Waals surface area contributed by atoms with Crippen molar-refractivity contribution in [2.75, 3.05) is 60.2 Å².